The van der Waals surface area contributed by atoms with Gasteiger partial charge in [-0.15, -0.1) is 11.3 Å². The quantitative estimate of drug-likeness (QED) is 0.149. The predicted octanol–water partition coefficient (Wildman–Crippen LogP) is 13.6. The van der Waals surface area contributed by atoms with E-state index in [1.807, 2.05) is 11.3 Å². The van der Waals surface area contributed by atoms with Crippen LogP contribution in [0.15, 0.2) is 188 Å². The number of nitrogens with zero attached hydrogens (tertiary/aromatic N) is 2. The van der Waals surface area contributed by atoms with Crippen molar-refractivity contribution in [1.29, 1.82) is 0 Å². The van der Waals surface area contributed by atoms with E-state index >= 15 is 0 Å². The lowest BCUT2D eigenvalue weighted by Crippen LogP contribution is -2.62. The first-order chi connectivity index (χ1) is 29.7. The maximum Gasteiger partial charge on any atom is 0.343 e. The van der Waals surface area contributed by atoms with Gasteiger partial charge in [-0.25, -0.2) is 0 Å². The number of hydrogen-bond donors (Lipinski definition) is 0. The number of thiophene rings is 1. The van der Waals surface area contributed by atoms with Gasteiger partial charge in [0.25, 0.3) is 0 Å². The number of para-hydroxylation sites is 2. The smallest absolute Gasteiger partial charge is 0.343 e. The lowest BCUT2D eigenvalue weighted by Gasteiger charge is -2.52. The molecule has 0 spiro atoms. The zero-order chi connectivity index (χ0) is 40.0. The van der Waals surface area contributed by atoms with Crippen molar-refractivity contribution >= 4 is 66.9 Å². The molecule has 4 heterocycles. The third kappa shape index (κ3) is 4.95. The molecule has 0 saturated heterocycles. The first kappa shape index (κ1) is 35.3. The molecule has 2 nitrogen and oxygen atoms in total. The van der Waals surface area contributed by atoms with Crippen LogP contribution in [-0.2, 0) is 11.8 Å². The zero-order valence-electron chi connectivity index (χ0n) is 33.9. The normalized spacial score (nSPS) is 14.1. The van der Waals surface area contributed by atoms with Gasteiger partial charge in [0.05, 0.1) is 16.8 Å². The summed E-state index contributed by atoms with van der Waals surface area (Å²) >= 11 is 1.96. The molecule has 12 rings (SSSR count). The molecule has 1 aromatic heterocycles. The molecule has 0 fully saturated rings. The van der Waals surface area contributed by atoms with Crippen LogP contribution in [-0.4, -0.2) is 6.85 Å². The van der Waals surface area contributed by atoms with Crippen molar-refractivity contribution in [2.24, 2.45) is 0 Å². The molecule has 0 amide bonds. The highest BCUT2D eigenvalue weighted by Gasteiger charge is 2.54. The summed E-state index contributed by atoms with van der Waals surface area (Å²) < 4.78 is 2.69. The molecule has 8 aromatic carbocycles. The van der Waals surface area contributed by atoms with Crippen molar-refractivity contribution in [3.8, 4) is 22.3 Å². The highest BCUT2D eigenvalue weighted by atomic mass is 32.1. The van der Waals surface area contributed by atoms with Gasteiger partial charge >= 0.3 is 6.85 Å². The van der Waals surface area contributed by atoms with E-state index in [0.717, 1.165) is 6.42 Å². The van der Waals surface area contributed by atoms with Crippen molar-refractivity contribution in [1.82, 2.24) is 0 Å². The van der Waals surface area contributed by atoms with E-state index in [1.165, 1.54) is 117 Å². The molecule has 0 N–H and O–H groups in total. The summed E-state index contributed by atoms with van der Waals surface area (Å²) in [6.07, 6.45) is 3.43. The van der Waals surface area contributed by atoms with Crippen molar-refractivity contribution in [2.45, 2.75) is 38.5 Å². The fraction of sp³-hybridized carbons (Fsp3) is 0.107. The molecule has 4 heteroatoms. The minimum Gasteiger partial charge on any atom is -0.375 e. The molecule has 0 bridgehead atoms. The monoisotopic (exact) mass is 786 g/mol. The van der Waals surface area contributed by atoms with Gasteiger partial charge in [-0.3, -0.25) is 0 Å². The molecule has 0 unspecified atom stereocenters. The van der Waals surface area contributed by atoms with Gasteiger partial charge in [0.2, 0.25) is 0 Å². The Morgan fingerprint density at radius 2 is 1.23 bits per heavy atom. The van der Waals surface area contributed by atoms with Crippen LogP contribution in [0.1, 0.15) is 53.1 Å². The number of unbranched alkanes of at least 4 members (excludes halogenated alkanes) is 1. The SMILES string of the molecule is CCCCc1ccc(N2c3cc(C)cc4c3B(c3sc5ccccc5c32)N2c3ccccc3C(c3ccccc3)(c3ccccc3)c3cccc-4c32)c(-c2ccccc2)c1. The van der Waals surface area contributed by atoms with Crippen LogP contribution in [0.5, 0.6) is 0 Å². The topological polar surface area (TPSA) is 6.48 Å². The molecule has 0 aliphatic carbocycles. The van der Waals surface area contributed by atoms with Crippen molar-refractivity contribution in [2.75, 3.05) is 9.71 Å². The second-order valence-corrected chi connectivity index (χ2v) is 17.8. The standard InChI is InChI=1S/C56H43BN2S/c1-3-4-19-38-32-33-48(44(36-38)39-20-8-5-9-21-39)58-50-35-37(2)34-45-42-27-18-29-47-53(42)59(57(52(45)50)55-54(58)43-26-14-17-31-51(43)60-55)49-30-16-15-28-46(49)56(47,40-22-10-6-11-23-40)41-24-12-7-13-25-41/h5-18,20-36H,3-4,19H2,1-2H3. The summed E-state index contributed by atoms with van der Waals surface area (Å²) in [4.78, 5) is 5.38. The Hall–Kier alpha value is -6.62. The van der Waals surface area contributed by atoms with Gasteiger partial charge in [-0.05, 0) is 100 Å². The molecule has 60 heavy (non-hydrogen) atoms. The summed E-state index contributed by atoms with van der Waals surface area (Å²) in [5, 5.41) is 1.30. The Labute approximate surface area is 357 Å². The summed E-state index contributed by atoms with van der Waals surface area (Å²) in [6, 6.07) is 71.1. The Balaban J connectivity index is 1.21. The van der Waals surface area contributed by atoms with Crippen LogP contribution in [0.4, 0.5) is 28.4 Å². The highest BCUT2D eigenvalue weighted by Crippen LogP contribution is 2.61. The van der Waals surface area contributed by atoms with Gasteiger partial charge in [0.1, 0.15) is 0 Å². The largest absolute Gasteiger partial charge is 0.375 e. The number of aryl methyl sites for hydroxylation is 2. The number of rotatable bonds is 7. The van der Waals surface area contributed by atoms with Crippen molar-refractivity contribution in [3.05, 3.63) is 221 Å². The Kier molecular flexibility index (Phi) is 8.08. The molecular weight excluding hydrogens is 744 g/mol. The molecular formula is C56H43BN2S. The van der Waals surface area contributed by atoms with E-state index in [2.05, 4.69) is 212 Å². The van der Waals surface area contributed by atoms with Gasteiger partial charge in [-0.2, -0.15) is 0 Å². The van der Waals surface area contributed by atoms with E-state index in [4.69, 9.17) is 0 Å². The van der Waals surface area contributed by atoms with Crippen LogP contribution in [0, 0.1) is 6.92 Å². The van der Waals surface area contributed by atoms with E-state index in [1.54, 1.807) is 0 Å². The van der Waals surface area contributed by atoms with E-state index in [9.17, 15) is 0 Å². The average Bonchev–Trinajstić information content (AvgIpc) is 3.69. The second kappa shape index (κ2) is 13.7. The molecule has 0 radical (unpaired) electrons. The van der Waals surface area contributed by atoms with Crippen molar-refractivity contribution in [3.63, 3.8) is 0 Å². The third-order valence-corrected chi connectivity index (χ3v) is 14.5. The fourth-order valence-electron chi connectivity index (χ4n) is 10.9. The van der Waals surface area contributed by atoms with Crippen molar-refractivity contribution < 1.29 is 0 Å². The molecule has 0 saturated carbocycles. The van der Waals surface area contributed by atoms with Crippen LogP contribution in [0.2, 0.25) is 0 Å². The van der Waals surface area contributed by atoms with Crippen LogP contribution in [0.3, 0.4) is 0 Å². The van der Waals surface area contributed by atoms with Crippen LogP contribution >= 0.6 is 11.3 Å². The average molecular weight is 787 g/mol. The molecule has 9 aromatic rings. The summed E-state index contributed by atoms with van der Waals surface area (Å²) in [5.41, 5.74) is 20.2. The first-order valence-corrected chi connectivity index (χ1v) is 22.3. The van der Waals surface area contributed by atoms with E-state index in [-0.39, 0.29) is 6.85 Å². The number of benzene rings is 8. The minimum absolute atomic E-state index is 0.0393. The van der Waals surface area contributed by atoms with Crippen LogP contribution < -0.4 is 20.0 Å². The maximum absolute atomic E-state index is 2.74. The number of fused-ring (bicyclic) bond motifs is 8. The minimum atomic E-state index is -0.529. The molecule has 3 aliphatic heterocycles. The molecule has 0 atom stereocenters. The first-order valence-electron chi connectivity index (χ1n) is 21.4. The second-order valence-electron chi connectivity index (χ2n) is 16.7. The van der Waals surface area contributed by atoms with Gasteiger partial charge in [0, 0.05) is 43.1 Å². The number of anilines is 5. The fourth-order valence-corrected chi connectivity index (χ4v) is 12.2. The Morgan fingerprint density at radius 3 is 2.00 bits per heavy atom. The summed E-state index contributed by atoms with van der Waals surface area (Å²) in [7, 11) is 0. The highest BCUT2D eigenvalue weighted by molar-refractivity contribution is 7.32. The van der Waals surface area contributed by atoms with E-state index < -0.39 is 5.41 Å². The van der Waals surface area contributed by atoms with Gasteiger partial charge in [0.15, 0.2) is 0 Å². The lowest BCUT2D eigenvalue weighted by atomic mass is 9.45. The Bertz CT molecular complexity index is 3080. The Morgan fingerprint density at radius 1 is 0.550 bits per heavy atom. The zero-order valence-corrected chi connectivity index (χ0v) is 34.7. The maximum atomic E-state index is 2.74. The van der Waals surface area contributed by atoms with Gasteiger partial charge < -0.3 is 9.71 Å². The molecule has 286 valence electrons. The predicted molar refractivity (Wildman–Crippen MR) is 256 cm³/mol. The number of hydrogen-bond acceptors (Lipinski definition) is 3. The summed E-state index contributed by atoms with van der Waals surface area (Å²) in [5.74, 6) is 0. The lowest BCUT2D eigenvalue weighted by molar-refractivity contribution is 0.734. The van der Waals surface area contributed by atoms with Crippen LogP contribution in [0.25, 0.3) is 32.3 Å². The van der Waals surface area contributed by atoms with Gasteiger partial charge in [-0.1, -0.05) is 171 Å². The third-order valence-electron chi connectivity index (χ3n) is 13.3. The summed E-state index contributed by atoms with van der Waals surface area (Å²) in [6.45, 7) is 4.53. The van der Waals surface area contributed by atoms with E-state index in [0.29, 0.717) is 0 Å². The molecule has 3 aliphatic rings.